The molecule has 1 aromatic heterocycles. The first-order valence-corrected chi connectivity index (χ1v) is 6.11. The molecular weight excluding hydrogens is 202 g/mol. The first-order chi connectivity index (χ1) is 7.84. The SMILES string of the molecule is O=C(CCc1cnc[nH]1)NC1CCCCC1. The average molecular weight is 221 g/mol. The lowest BCUT2D eigenvalue weighted by Crippen LogP contribution is -2.36. The molecule has 1 heterocycles. The second-order valence-electron chi connectivity index (χ2n) is 4.48. The summed E-state index contributed by atoms with van der Waals surface area (Å²) >= 11 is 0. The molecule has 16 heavy (non-hydrogen) atoms. The molecule has 4 nitrogen and oxygen atoms in total. The molecule has 0 unspecified atom stereocenters. The van der Waals surface area contributed by atoms with Gasteiger partial charge in [0.05, 0.1) is 6.33 Å². The Kier molecular flexibility index (Phi) is 3.97. The fourth-order valence-electron chi connectivity index (χ4n) is 2.22. The Balaban J connectivity index is 1.67. The van der Waals surface area contributed by atoms with Gasteiger partial charge in [0.2, 0.25) is 5.91 Å². The Morgan fingerprint density at radius 2 is 2.25 bits per heavy atom. The van der Waals surface area contributed by atoms with E-state index in [-0.39, 0.29) is 5.91 Å². The lowest BCUT2D eigenvalue weighted by Gasteiger charge is -2.22. The van der Waals surface area contributed by atoms with Crippen molar-refractivity contribution < 1.29 is 4.79 Å². The van der Waals surface area contributed by atoms with Crippen LogP contribution in [0, 0.1) is 0 Å². The van der Waals surface area contributed by atoms with Crippen LogP contribution < -0.4 is 5.32 Å². The summed E-state index contributed by atoms with van der Waals surface area (Å²) in [5.74, 6) is 0.168. The highest BCUT2D eigenvalue weighted by molar-refractivity contribution is 5.76. The number of imidazole rings is 1. The van der Waals surface area contributed by atoms with E-state index in [9.17, 15) is 4.79 Å². The lowest BCUT2D eigenvalue weighted by atomic mass is 9.95. The molecule has 0 aliphatic heterocycles. The molecule has 0 aromatic carbocycles. The van der Waals surface area contributed by atoms with Crippen LogP contribution in [0.5, 0.6) is 0 Å². The van der Waals surface area contributed by atoms with Crippen molar-refractivity contribution in [3.05, 3.63) is 18.2 Å². The summed E-state index contributed by atoms with van der Waals surface area (Å²) in [6, 6.07) is 0.419. The number of aromatic nitrogens is 2. The number of carbonyl (C=O) groups is 1. The Labute approximate surface area is 95.9 Å². The van der Waals surface area contributed by atoms with Gasteiger partial charge in [-0.2, -0.15) is 0 Å². The van der Waals surface area contributed by atoms with Gasteiger partial charge in [-0.25, -0.2) is 4.98 Å². The third-order valence-corrected chi connectivity index (χ3v) is 3.15. The quantitative estimate of drug-likeness (QED) is 0.814. The van der Waals surface area contributed by atoms with E-state index in [1.54, 1.807) is 12.5 Å². The monoisotopic (exact) mass is 221 g/mol. The maximum Gasteiger partial charge on any atom is 0.220 e. The Morgan fingerprint density at radius 1 is 1.44 bits per heavy atom. The largest absolute Gasteiger partial charge is 0.353 e. The van der Waals surface area contributed by atoms with Gasteiger partial charge in [0, 0.05) is 24.4 Å². The molecule has 1 aromatic rings. The van der Waals surface area contributed by atoms with Gasteiger partial charge in [-0.05, 0) is 19.3 Å². The van der Waals surface area contributed by atoms with Crippen molar-refractivity contribution in [3.8, 4) is 0 Å². The normalized spacial score (nSPS) is 17.2. The van der Waals surface area contributed by atoms with Crippen LogP contribution in [-0.2, 0) is 11.2 Å². The molecule has 2 rings (SSSR count). The summed E-state index contributed by atoms with van der Waals surface area (Å²) in [6.45, 7) is 0. The molecule has 1 aliphatic rings. The minimum Gasteiger partial charge on any atom is -0.353 e. The van der Waals surface area contributed by atoms with Crippen LogP contribution in [0.3, 0.4) is 0 Å². The average Bonchev–Trinajstić information content (AvgIpc) is 2.81. The van der Waals surface area contributed by atoms with Gasteiger partial charge in [-0.1, -0.05) is 19.3 Å². The van der Waals surface area contributed by atoms with Crippen molar-refractivity contribution >= 4 is 5.91 Å². The second-order valence-corrected chi connectivity index (χ2v) is 4.48. The third-order valence-electron chi connectivity index (χ3n) is 3.15. The van der Waals surface area contributed by atoms with Crippen molar-refractivity contribution in [2.24, 2.45) is 0 Å². The smallest absolute Gasteiger partial charge is 0.220 e. The molecule has 1 saturated carbocycles. The minimum absolute atomic E-state index is 0.168. The van der Waals surface area contributed by atoms with Gasteiger partial charge in [-0.3, -0.25) is 4.79 Å². The van der Waals surface area contributed by atoms with Gasteiger partial charge in [0.25, 0.3) is 0 Å². The van der Waals surface area contributed by atoms with E-state index in [1.165, 1.54) is 19.3 Å². The maximum absolute atomic E-state index is 11.7. The van der Waals surface area contributed by atoms with Crippen molar-refractivity contribution in [1.29, 1.82) is 0 Å². The van der Waals surface area contributed by atoms with Gasteiger partial charge in [0.1, 0.15) is 0 Å². The number of aryl methyl sites for hydroxylation is 1. The summed E-state index contributed by atoms with van der Waals surface area (Å²) in [5, 5.41) is 3.11. The second kappa shape index (κ2) is 5.68. The van der Waals surface area contributed by atoms with E-state index >= 15 is 0 Å². The number of H-pyrrole nitrogens is 1. The molecule has 2 N–H and O–H groups in total. The highest BCUT2D eigenvalue weighted by Crippen LogP contribution is 2.17. The summed E-state index contributed by atoms with van der Waals surface area (Å²) in [6.07, 6.45) is 10.8. The van der Waals surface area contributed by atoms with E-state index in [2.05, 4.69) is 15.3 Å². The van der Waals surface area contributed by atoms with Crippen molar-refractivity contribution in [3.63, 3.8) is 0 Å². The van der Waals surface area contributed by atoms with E-state index < -0.39 is 0 Å². The molecule has 1 amide bonds. The zero-order valence-corrected chi connectivity index (χ0v) is 9.54. The predicted molar refractivity (Wildman–Crippen MR) is 61.9 cm³/mol. The molecule has 1 aliphatic carbocycles. The number of hydrogen-bond acceptors (Lipinski definition) is 2. The number of nitrogens with zero attached hydrogens (tertiary/aromatic N) is 1. The number of rotatable bonds is 4. The number of aromatic amines is 1. The molecule has 0 saturated heterocycles. The van der Waals surface area contributed by atoms with Gasteiger partial charge >= 0.3 is 0 Å². The highest BCUT2D eigenvalue weighted by Gasteiger charge is 2.15. The molecule has 0 spiro atoms. The summed E-state index contributed by atoms with van der Waals surface area (Å²) < 4.78 is 0. The molecule has 88 valence electrons. The van der Waals surface area contributed by atoms with Crippen LogP contribution in [0.4, 0.5) is 0 Å². The zero-order valence-electron chi connectivity index (χ0n) is 9.54. The fourth-order valence-corrected chi connectivity index (χ4v) is 2.22. The van der Waals surface area contributed by atoms with Gasteiger partial charge < -0.3 is 10.3 Å². The van der Waals surface area contributed by atoms with Crippen LogP contribution in [0.1, 0.15) is 44.2 Å². The molecule has 1 fully saturated rings. The maximum atomic E-state index is 11.7. The van der Waals surface area contributed by atoms with E-state index in [0.29, 0.717) is 12.5 Å². The first kappa shape index (κ1) is 11.2. The first-order valence-electron chi connectivity index (χ1n) is 6.11. The minimum atomic E-state index is 0.168. The summed E-state index contributed by atoms with van der Waals surface area (Å²) in [7, 11) is 0. The van der Waals surface area contributed by atoms with E-state index in [4.69, 9.17) is 0 Å². The van der Waals surface area contributed by atoms with Crippen molar-refractivity contribution in [1.82, 2.24) is 15.3 Å². The number of amides is 1. The fraction of sp³-hybridized carbons (Fsp3) is 0.667. The van der Waals surface area contributed by atoms with Crippen molar-refractivity contribution in [2.75, 3.05) is 0 Å². The molecular formula is C12H19N3O. The number of nitrogens with one attached hydrogen (secondary N) is 2. The third kappa shape index (κ3) is 3.36. The Bertz CT molecular complexity index is 315. The predicted octanol–water partition coefficient (Wildman–Crippen LogP) is 1.79. The van der Waals surface area contributed by atoms with E-state index in [1.807, 2.05) is 0 Å². The molecule has 0 bridgehead atoms. The molecule has 0 atom stereocenters. The lowest BCUT2D eigenvalue weighted by molar-refractivity contribution is -0.122. The van der Waals surface area contributed by atoms with Crippen LogP contribution >= 0.6 is 0 Å². The van der Waals surface area contributed by atoms with Crippen LogP contribution in [0.15, 0.2) is 12.5 Å². The summed E-state index contributed by atoms with van der Waals surface area (Å²) in [4.78, 5) is 18.6. The van der Waals surface area contributed by atoms with Crippen LogP contribution in [0.2, 0.25) is 0 Å². The summed E-state index contributed by atoms with van der Waals surface area (Å²) in [5.41, 5.74) is 1.03. The zero-order chi connectivity index (χ0) is 11.2. The van der Waals surface area contributed by atoms with Crippen LogP contribution in [0.25, 0.3) is 0 Å². The molecule has 0 radical (unpaired) electrons. The Morgan fingerprint density at radius 3 is 2.94 bits per heavy atom. The van der Waals surface area contributed by atoms with Crippen molar-refractivity contribution in [2.45, 2.75) is 51.0 Å². The van der Waals surface area contributed by atoms with Crippen LogP contribution in [-0.4, -0.2) is 21.9 Å². The van der Waals surface area contributed by atoms with Gasteiger partial charge in [-0.15, -0.1) is 0 Å². The topological polar surface area (TPSA) is 57.8 Å². The number of carbonyl (C=O) groups excluding carboxylic acids is 1. The number of hydrogen-bond donors (Lipinski definition) is 2. The highest BCUT2D eigenvalue weighted by atomic mass is 16.1. The Hall–Kier alpha value is -1.32. The van der Waals surface area contributed by atoms with E-state index in [0.717, 1.165) is 25.0 Å². The standard InChI is InChI=1S/C12H19N3O/c16-12(7-6-11-8-13-9-14-11)15-10-4-2-1-3-5-10/h8-10H,1-7H2,(H,13,14)(H,15,16). The molecule has 4 heteroatoms. The van der Waals surface area contributed by atoms with Gasteiger partial charge in [0.15, 0.2) is 0 Å².